The summed E-state index contributed by atoms with van der Waals surface area (Å²) in [6.45, 7) is 5.65. The Bertz CT molecular complexity index is 1220. The van der Waals surface area contributed by atoms with Crippen molar-refractivity contribution in [3.8, 4) is 11.1 Å². The Morgan fingerprint density at radius 2 is 2.15 bits per heavy atom. The molecular weight excluding hydrogens is 416 g/mol. The number of methoxy groups -OCH3 is 1. The number of benzene rings is 1. The number of H-pyrrole nitrogens is 1. The van der Waals surface area contributed by atoms with E-state index in [1.165, 1.54) is 27.8 Å². The van der Waals surface area contributed by atoms with Gasteiger partial charge in [-0.05, 0) is 66.1 Å². The second-order valence-corrected chi connectivity index (χ2v) is 9.55. The van der Waals surface area contributed by atoms with E-state index in [1.807, 2.05) is 17.3 Å². The van der Waals surface area contributed by atoms with Crippen LogP contribution >= 0.6 is 0 Å². The Hall–Kier alpha value is -2.74. The summed E-state index contributed by atoms with van der Waals surface area (Å²) in [5, 5.41) is 4.77. The molecule has 4 heterocycles. The maximum atomic E-state index is 13.2. The van der Waals surface area contributed by atoms with Crippen LogP contribution < -0.4 is 5.32 Å². The Morgan fingerprint density at radius 3 is 2.91 bits per heavy atom. The molecule has 0 radical (unpaired) electrons. The summed E-state index contributed by atoms with van der Waals surface area (Å²) in [6, 6.07) is 6.90. The molecule has 0 spiro atoms. The number of nitrogens with one attached hydrogen (secondary N) is 2. The van der Waals surface area contributed by atoms with Crippen molar-refractivity contribution in [2.75, 3.05) is 33.4 Å². The van der Waals surface area contributed by atoms with Gasteiger partial charge in [-0.25, -0.2) is 4.98 Å². The molecule has 1 atom stereocenters. The van der Waals surface area contributed by atoms with E-state index < -0.39 is 5.60 Å². The van der Waals surface area contributed by atoms with Gasteiger partial charge in [-0.2, -0.15) is 0 Å². The zero-order valence-corrected chi connectivity index (χ0v) is 19.2. The lowest BCUT2D eigenvalue weighted by molar-refractivity contribution is -0.145. The molecule has 2 fully saturated rings. The molecule has 7 nitrogen and oxygen atoms in total. The number of hydrogen-bond donors (Lipinski definition) is 2. The number of aryl methyl sites for hydroxylation is 1. The van der Waals surface area contributed by atoms with Crippen LogP contribution in [-0.2, 0) is 27.2 Å². The van der Waals surface area contributed by atoms with Crippen LogP contribution in [0.25, 0.3) is 22.2 Å². The normalized spacial score (nSPS) is 21.8. The van der Waals surface area contributed by atoms with Gasteiger partial charge in [0.1, 0.15) is 11.2 Å². The van der Waals surface area contributed by atoms with Gasteiger partial charge in [0.2, 0.25) is 0 Å². The smallest absolute Gasteiger partial charge is 0.255 e. The van der Waals surface area contributed by atoms with Crippen LogP contribution in [0.4, 0.5) is 0 Å². The van der Waals surface area contributed by atoms with E-state index in [4.69, 9.17) is 9.47 Å². The fraction of sp³-hybridized carbons (Fsp3) is 0.462. The van der Waals surface area contributed by atoms with Crippen LogP contribution in [0.1, 0.15) is 41.1 Å². The predicted molar refractivity (Wildman–Crippen MR) is 126 cm³/mol. The van der Waals surface area contributed by atoms with Gasteiger partial charge in [-0.15, -0.1) is 0 Å². The third-order valence-electron chi connectivity index (χ3n) is 7.52. The minimum atomic E-state index is -0.584. The Labute approximate surface area is 193 Å². The SMILES string of the molecule is COC1(C(=O)N2CCc3cc(-c4cnc5[nH]cc(C)c5c4)cc([C@@H]4COCCN4)c3C2)CC1. The molecule has 172 valence electrons. The summed E-state index contributed by atoms with van der Waals surface area (Å²) in [5.74, 6) is 0.135. The molecule has 2 aliphatic heterocycles. The van der Waals surface area contributed by atoms with E-state index in [0.29, 0.717) is 13.2 Å². The summed E-state index contributed by atoms with van der Waals surface area (Å²) in [7, 11) is 1.65. The molecule has 1 aliphatic carbocycles. The number of nitrogens with zero attached hydrogens (tertiary/aromatic N) is 2. The first-order valence-corrected chi connectivity index (χ1v) is 11.8. The standard InChI is InChI=1S/C26H30N4O3/c1-16-12-28-24-20(16)11-19(13-29-24)18-9-17-3-7-30(25(31)26(32-2)4-5-26)14-22(17)21(10-18)23-15-33-8-6-27-23/h9-13,23,27H,3-8,14-15H2,1-2H3,(H,28,29)/t23-/m0/s1. The van der Waals surface area contributed by atoms with Crippen LogP contribution in [0.3, 0.4) is 0 Å². The first kappa shape index (κ1) is 20.8. The predicted octanol–water partition coefficient (Wildman–Crippen LogP) is 3.26. The molecule has 2 N–H and O–H groups in total. The van der Waals surface area contributed by atoms with Crippen molar-refractivity contribution < 1.29 is 14.3 Å². The van der Waals surface area contributed by atoms with E-state index in [9.17, 15) is 4.79 Å². The van der Waals surface area contributed by atoms with Gasteiger partial charge < -0.3 is 24.7 Å². The first-order valence-electron chi connectivity index (χ1n) is 11.8. The average Bonchev–Trinajstić information content (AvgIpc) is 3.59. The lowest BCUT2D eigenvalue weighted by Crippen LogP contribution is -2.45. The van der Waals surface area contributed by atoms with Crippen molar-refractivity contribution in [1.82, 2.24) is 20.2 Å². The van der Waals surface area contributed by atoms with Crippen LogP contribution in [0, 0.1) is 6.92 Å². The molecule has 1 saturated carbocycles. The second kappa shape index (κ2) is 7.94. The molecular formula is C26H30N4O3. The monoisotopic (exact) mass is 446 g/mol. The number of carbonyl (C=O) groups is 1. The van der Waals surface area contributed by atoms with Crippen molar-refractivity contribution in [3.05, 3.63) is 52.8 Å². The number of morpholine rings is 1. The third kappa shape index (κ3) is 3.55. The second-order valence-electron chi connectivity index (χ2n) is 9.55. The van der Waals surface area contributed by atoms with Crippen LogP contribution in [0.2, 0.25) is 0 Å². The number of pyridine rings is 1. The van der Waals surface area contributed by atoms with Crippen molar-refractivity contribution in [2.45, 2.75) is 44.4 Å². The summed E-state index contributed by atoms with van der Waals surface area (Å²) in [5.41, 5.74) is 7.60. The number of fused-ring (bicyclic) bond motifs is 2. The maximum Gasteiger partial charge on any atom is 0.255 e. The summed E-state index contributed by atoms with van der Waals surface area (Å²) in [4.78, 5) is 23.0. The third-order valence-corrected chi connectivity index (χ3v) is 7.52. The molecule has 2 aromatic heterocycles. The van der Waals surface area contributed by atoms with Crippen LogP contribution in [-0.4, -0.2) is 59.8 Å². The van der Waals surface area contributed by atoms with Gasteiger partial charge >= 0.3 is 0 Å². The number of rotatable bonds is 4. The highest BCUT2D eigenvalue weighted by molar-refractivity contribution is 5.88. The number of carbonyl (C=O) groups excluding carboxylic acids is 1. The molecule has 1 amide bonds. The maximum absolute atomic E-state index is 13.2. The number of aromatic nitrogens is 2. The number of ether oxygens (including phenoxy) is 2. The highest BCUT2D eigenvalue weighted by Gasteiger charge is 2.52. The number of aromatic amines is 1. The highest BCUT2D eigenvalue weighted by atomic mass is 16.5. The molecule has 7 heteroatoms. The molecule has 1 aromatic carbocycles. The van der Waals surface area contributed by atoms with E-state index >= 15 is 0 Å². The summed E-state index contributed by atoms with van der Waals surface area (Å²) >= 11 is 0. The molecule has 33 heavy (non-hydrogen) atoms. The Morgan fingerprint density at radius 1 is 1.27 bits per heavy atom. The summed E-state index contributed by atoms with van der Waals surface area (Å²) in [6.07, 6.45) is 6.44. The average molecular weight is 447 g/mol. The van der Waals surface area contributed by atoms with Crippen molar-refractivity contribution in [2.24, 2.45) is 0 Å². The van der Waals surface area contributed by atoms with E-state index in [1.54, 1.807) is 7.11 Å². The molecule has 3 aliphatic rings. The summed E-state index contributed by atoms with van der Waals surface area (Å²) < 4.78 is 11.4. The quantitative estimate of drug-likeness (QED) is 0.643. The van der Waals surface area contributed by atoms with Gasteiger partial charge in [0.25, 0.3) is 5.91 Å². The Balaban J connectivity index is 1.41. The van der Waals surface area contributed by atoms with Gasteiger partial charge in [0.05, 0.1) is 19.3 Å². The van der Waals surface area contributed by atoms with Gasteiger partial charge in [-0.3, -0.25) is 4.79 Å². The molecule has 3 aromatic rings. The lowest BCUT2D eigenvalue weighted by atomic mass is 9.87. The van der Waals surface area contributed by atoms with Gasteiger partial charge in [-0.1, -0.05) is 6.07 Å². The fourth-order valence-corrected chi connectivity index (χ4v) is 5.31. The van der Waals surface area contributed by atoms with E-state index in [2.05, 4.69) is 40.4 Å². The largest absolute Gasteiger partial charge is 0.378 e. The zero-order valence-electron chi connectivity index (χ0n) is 19.2. The molecule has 0 unspecified atom stereocenters. The molecule has 6 rings (SSSR count). The fourth-order valence-electron chi connectivity index (χ4n) is 5.31. The minimum Gasteiger partial charge on any atom is -0.378 e. The van der Waals surface area contributed by atoms with Crippen molar-refractivity contribution in [1.29, 1.82) is 0 Å². The van der Waals surface area contributed by atoms with E-state index in [-0.39, 0.29) is 11.9 Å². The van der Waals surface area contributed by atoms with Gasteiger partial charge in [0, 0.05) is 50.1 Å². The Kier molecular flexibility index (Phi) is 5.01. The van der Waals surface area contributed by atoms with Crippen LogP contribution in [0.15, 0.2) is 30.6 Å². The topological polar surface area (TPSA) is 79.5 Å². The van der Waals surface area contributed by atoms with Gasteiger partial charge in [0.15, 0.2) is 0 Å². The number of hydrogen-bond acceptors (Lipinski definition) is 5. The lowest BCUT2D eigenvalue weighted by Gasteiger charge is -2.35. The highest BCUT2D eigenvalue weighted by Crippen LogP contribution is 2.42. The van der Waals surface area contributed by atoms with Crippen molar-refractivity contribution >= 4 is 16.9 Å². The molecule has 1 saturated heterocycles. The van der Waals surface area contributed by atoms with Crippen LogP contribution in [0.5, 0.6) is 0 Å². The first-order chi connectivity index (χ1) is 16.1. The minimum absolute atomic E-state index is 0.116. The molecule has 0 bridgehead atoms. The van der Waals surface area contributed by atoms with Crippen molar-refractivity contribution in [3.63, 3.8) is 0 Å². The van der Waals surface area contributed by atoms with E-state index in [0.717, 1.165) is 55.6 Å². The number of amides is 1. The zero-order chi connectivity index (χ0) is 22.6.